The Morgan fingerprint density at radius 2 is 1.88 bits per heavy atom. The topological polar surface area (TPSA) is 70.6 Å². The maximum atomic E-state index is 13.6. The maximum Gasteiger partial charge on any atom is 0.387 e. The van der Waals surface area contributed by atoms with Gasteiger partial charge in [-0.1, -0.05) is 24.3 Å². The molecule has 0 aromatic heterocycles. The number of ether oxygens (including phenoxy) is 1. The third kappa shape index (κ3) is 4.88. The predicted molar refractivity (Wildman–Crippen MR) is 81.3 cm³/mol. The van der Waals surface area contributed by atoms with Crippen LogP contribution in [0.4, 0.5) is 23.7 Å². The van der Waals surface area contributed by atoms with E-state index in [9.17, 15) is 23.1 Å². The van der Waals surface area contributed by atoms with Gasteiger partial charge in [-0.15, -0.1) is 0 Å². The van der Waals surface area contributed by atoms with Gasteiger partial charge in [-0.2, -0.15) is 8.78 Å². The van der Waals surface area contributed by atoms with Gasteiger partial charge in [-0.25, -0.2) is 9.18 Å². The summed E-state index contributed by atoms with van der Waals surface area (Å²) < 4.78 is 41.6. The van der Waals surface area contributed by atoms with Crippen molar-refractivity contribution in [3.05, 3.63) is 59.4 Å². The zero-order valence-corrected chi connectivity index (χ0v) is 12.4. The molecule has 2 aromatic rings. The molecule has 0 unspecified atom stereocenters. The number of anilines is 1. The van der Waals surface area contributed by atoms with Crippen LogP contribution in [-0.4, -0.2) is 17.7 Å². The van der Waals surface area contributed by atoms with Crippen LogP contribution >= 0.6 is 0 Å². The lowest BCUT2D eigenvalue weighted by Gasteiger charge is -2.11. The minimum absolute atomic E-state index is 0.0852. The van der Waals surface area contributed by atoms with Crippen LogP contribution in [0.2, 0.25) is 0 Å². The van der Waals surface area contributed by atoms with Crippen LogP contribution in [-0.2, 0) is 13.2 Å². The van der Waals surface area contributed by atoms with Crippen molar-refractivity contribution in [2.24, 2.45) is 0 Å². The summed E-state index contributed by atoms with van der Waals surface area (Å²) in [6, 6.07) is 9.52. The van der Waals surface area contributed by atoms with Gasteiger partial charge in [0.25, 0.3) is 0 Å². The summed E-state index contributed by atoms with van der Waals surface area (Å²) in [6.07, 6.45) is 0. The second-order valence-electron chi connectivity index (χ2n) is 4.76. The fourth-order valence-electron chi connectivity index (χ4n) is 2.01. The molecule has 0 aliphatic carbocycles. The monoisotopic (exact) mass is 340 g/mol. The molecule has 2 rings (SSSR count). The summed E-state index contributed by atoms with van der Waals surface area (Å²) in [5.41, 5.74) is 1.50. The van der Waals surface area contributed by atoms with Crippen molar-refractivity contribution < 1.29 is 27.8 Å². The lowest BCUT2D eigenvalue weighted by atomic mass is 10.1. The molecular formula is C16H15F3N2O3. The van der Waals surface area contributed by atoms with E-state index in [0.717, 1.165) is 17.7 Å². The van der Waals surface area contributed by atoms with E-state index in [1.807, 2.05) is 0 Å². The highest BCUT2D eigenvalue weighted by atomic mass is 19.3. The Morgan fingerprint density at radius 1 is 1.17 bits per heavy atom. The van der Waals surface area contributed by atoms with Crippen molar-refractivity contribution in [3.63, 3.8) is 0 Å². The summed E-state index contributed by atoms with van der Waals surface area (Å²) in [4.78, 5) is 11.8. The van der Waals surface area contributed by atoms with Gasteiger partial charge < -0.3 is 20.5 Å². The quantitative estimate of drug-likeness (QED) is 0.756. The van der Waals surface area contributed by atoms with E-state index in [2.05, 4.69) is 15.4 Å². The number of rotatable bonds is 6. The summed E-state index contributed by atoms with van der Waals surface area (Å²) in [6.45, 7) is -3.12. The lowest BCUT2D eigenvalue weighted by molar-refractivity contribution is -0.0521. The molecule has 0 radical (unpaired) electrons. The molecule has 2 aromatic carbocycles. The molecule has 0 heterocycles. The van der Waals surface area contributed by atoms with Crippen molar-refractivity contribution in [1.29, 1.82) is 0 Å². The van der Waals surface area contributed by atoms with Gasteiger partial charge in [0.05, 0.1) is 6.61 Å². The van der Waals surface area contributed by atoms with Crippen molar-refractivity contribution in [3.8, 4) is 5.75 Å². The van der Waals surface area contributed by atoms with Gasteiger partial charge in [0, 0.05) is 18.3 Å². The van der Waals surface area contributed by atoms with E-state index in [-0.39, 0.29) is 18.8 Å². The molecule has 0 aliphatic heterocycles. The van der Waals surface area contributed by atoms with Crippen LogP contribution in [0.1, 0.15) is 11.1 Å². The van der Waals surface area contributed by atoms with E-state index in [4.69, 9.17) is 0 Å². The number of aliphatic hydroxyl groups is 1. The summed E-state index contributed by atoms with van der Waals surface area (Å²) in [5.74, 6) is -1.62. The second kappa shape index (κ2) is 8.21. The SMILES string of the molecule is O=C(NCc1ccccc1CO)Nc1ccc(OC(F)F)c(F)c1. The largest absolute Gasteiger partial charge is 0.432 e. The molecule has 8 heteroatoms. The van der Waals surface area contributed by atoms with Crippen LogP contribution in [0.15, 0.2) is 42.5 Å². The van der Waals surface area contributed by atoms with Gasteiger partial charge in [0.15, 0.2) is 11.6 Å². The molecule has 5 nitrogen and oxygen atoms in total. The molecule has 3 N–H and O–H groups in total. The van der Waals surface area contributed by atoms with Crippen LogP contribution in [0, 0.1) is 5.82 Å². The molecule has 0 saturated carbocycles. The highest BCUT2D eigenvalue weighted by Crippen LogP contribution is 2.22. The first kappa shape index (κ1) is 17.6. The Bertz CT molecular complexity index is 711. The molecule has 0 spiro atoms. The number of halogens is 3. The zero-order valence-electron chi connectivity index (χ0n) is 12.4. The predicted octanol–water partition coefficient (Wildman–Crippen LogP) is 3.24. The summed E-state index contributed by atoms with van der Waals surface area (Å²) >= 11 is 0. The molecule has 0 aliphatic rings. The van der Waals surface area contributed by atoms with Crippen molar-refractivity contribution in [2.45, 2.75) is 19.8 Å². The second-order valence-corrected chi connectivity index (χ2v) is 4.76. The fourth-order valence-corrected chi connectivity index (χ4v) is 2.01. The maximum absolute atomic E-state index is 13.6. The Labute approximate surface area is 136 Å². The first-order valence-electron chi connectivity index (χ1n) is 6.96. The average Bonchev–Trinajstić information content (AvgIpc) is 2.55. The Balaban J connectivity index is 1.94. The number of hydrogen-bond donors (Lipinski definition) is 3. The number of hydrogen-bond acceptors (Lipinski definition) is 3. The molecule has 0 atom stereocenters. The number of nitrogens with one attached hydrogen (secondary N) is 2. The van der Waals surface area contributed by atoms with E-state index >= 15 is 0 Å². The van der Waals surface area contributed by atoms with Crippen molar-refractivity contribution >= 4 is 11.7 Å². The number of carbonyl (C=O) groups is 1. The van der Waals surface area contributed by atoms with Gasteiger partial charge in [-0.3, -0.25) is 0 Å². The number of benzene rings is 2. The first-order chi connectivity index (χ1) is 11.5. The number of alkyl halides is 2. The minimum Gasteiger partial charge on any atom is -0.432 e. The lowest BCUT2D eigenvalue weighted by Crippen LogP contribution is -2.28. The zero-order chi connectivity index (χ0) is 17.5. The number of aliphatic hydroxyl groups excluding tert-OH is 1. The third-order valence-corrected chi connectivity index (χ3v) is 3.13. The van der Waals surface area contributed by atoms with Gasteiger partial charge in [0.1, 0.15) is 0 Å². The van der Waals surface area contributed by atoms with E-state index < -0.39 is 24.2 Å². The van der Waals surface area contributed by atoms with Crippen LogP contribution in [0.25, 0.3) is 0 Å². The molecule has 0 bridgehead atoms. The van der Waals surface area contributed by atoms with Crippen LogP contribution in [0.3, 0.4) is 0 Å². The number of urea groups is 1. The molecular weight excluding hydrogens is 325 g/mol. The minimum atomic E-state index is -3.13. The summed E-state index contributed by atoms with van der Waals surface area (Å²) in [7, 11) is 0. The molecule has 128 valence electrons. The van der Waals surface area contributed by atoms with Gasteiger partial charge >= 0.3 is 12.6 Å². The normalized spacial score (nSPS) is 10.5. The standard InChI is InChI=1S/C16H15F3N2O3/c17-13-7-12(5-6-14(13)24-15(18)19)21-16(23)20-8-10-3-1-2-4-11(10)9-22/h1-7,15,22H,8-9H2,(H2,20,21,23). The fraction of sp³-hybridized carbons (Fsp3) is 0.188. The third-order valence-electron chi connectivity index (χ3n) is 3.13. The van der Waals surface area contributed by atoms with E-state index in [0.29, 0.717) is 5.56 Å². The van der Waals surface area contributed by atoms with E-state index in [1.165, 1.54) is 6.07 Å². The Hall–Kier alpha value is -2.74. The van der Waals surface area contributed by atoms with Gasteiger partial charge in [-0.05, 0) is 23.3 Å². The summed E-state index contributed by atoms with van der Waals surface area (Å²) in [5, 5.41) is 14.1. The molecule has 24 heavy (non-hydrogen) atoms. The average molecular weight is 340 g/mol. The smallest absolute Gasteiger partial charge is 0.387 e. The van der Waals surface area contributed by atoms with Crippen LogP contribution in [0.5, 0.6) is 5.75 Å². The highest BCUT2D eigenvalue weighted by molar-refractivity contribution is 5.89. The number of amides is 2. The van der Waals surface area contributed by atoms with E-state index in [1.54, 1.807) is 24.3 Å². The number of carbonyl (C=O) groups excluding carboxylic acids is 1. The molecule has 0 saturated heterocycles. The first-order valence-corrected chi connectivity index (χ1v) is 6.96. The van der Waals surface area contributed by atoms with Crippen LogP contribution < -0.4 is 15.4 Å². The van der Waals surface area contributed by atoms with Crippen molar-refractivity contribution in [2.75, 3.05) is 5.32 Å². The Morgan fingerprint density at radius 3 is 2.50 bits per heavy atom. The molecule has 2 amide bonds. The Kier molecular flexibility index (Phi) is 6.02. The van der Waals surface area contributed by atoms with Crippen molar-refractivity contribution in [1.82, 2.24) is 5.32 Å². The van der Waals surface area contributed by atoms with Gasteiger partial charge in [0.2, 0.25) is 0 Å². The molecule has 0 fully saturated rings. The highest BCUT2D eigenvalue weighted by Gasteiger charge is 2.11.